The van der Waals surface area contributed by atoms with E-state index < -0.39 is 12.5 Å². The van der Waals surface area contributed by atoms with Gasteiger partial charge in [0.15, 0.2) is 11.4 Å². The van der Waals surface area contributed by atoms with Gasteiger partial charge in [0.1, 0.15) is 17.0 Å². The Labute approximate surface area is 263 Å². The topological polar surface area (TPSA) is 110 Å². The molecular formula is C31H36F2N8O3S. The monoisotopic (exact) mass is 638 g/mol. The number of nitrogens with zero attached hydrogens (tertiary/aromatic N) is 7. The van der Waals surface area contributed by atoms with Gasteiger partial charge in [0.25, 0.3) is 5.91 Å². The molecule has 14 heteroatoms. The first-order valence-electron chi connectivity index (χ1n) is 15.0. The number of ketones is 1. The zero-order valence-electron chi connectivity index (χ0n) is 25.2. The number of hydrogen-bond acceptors (Lipinski definition) is 9. The molecule has 1 aliphatic carbocycles. The summed E-state index contributed by atoms with van der Waals surface area (Å²) in [4.78, 5) is 36.9. The number of carbonyl (C=O) groups excluding carboxylic acids is 2. The van der Waals surface area contributed by atoms with Crippen LogP contribution in [0.15, 0.2) is 53.9 Å². The average Bonchev–Trinajstić information content (AvgIpc) is 3.65. The highest BCUT2D eigenvalue weighted by Crippen LogP contribution is 2.38. The quantitative estimate of drug-likeness (QED) is 0.250. The normalized spacial score (nSPS) is 19.7. The van der Waals surface area contributed by atoms with Crippen molar-refractivity contribution in [3.8, 4) is 17.0 Å². The van der Waals surface area contributed by atoms with Crippen LogP contribution in [-0.2, 0) is 11.3 Å². The van der Waals surface area contributed by atoms with Gasteiger partial charge in [-0.1, -0.05) is 0 Å². The van der Waals surface area contributed by atoms with Gasteiger partial charge in [0.2, 0.25) is 0 Å². The maximum atomic E-state index is 13.5. The van der Waals surface area contributed by atoms with Crippen molar-refractivity contribution >= 4 is 34.8 Å². The van der Waals surface area contributed by atoms with Crippen LogP contribution in [-0.4, -0.2) is 98.0 Å². The molecule has 1 aliphatic heterocycles. The fourth-order valence-electron chi connectivity index (χ4n) is 6.23. The van der Waals surface area contributed by atoms with E-state index in [2.05, 4.69) is 37.3 Å². The van der Waals surface area contributed by atoms with Gasteiger partial charge in [-0.25, -0.2) is 9.50 Å². The number of thioether (sulfide) groups is 1. The van der Waals surface area contributed by atoms with Crippen LogP contribution in [0.2, 0.25) is 0 Å². The Bertz CT molecular complexity index is 1660. The molecule has 4 aromatic rings. The zero-order chi connectivity index (χ0) is 31.5. The van der Waals surface area contributed by atoms with Crippen molar-refractivity contribution in [2.24, 2.45) is 5.92 Å². The second-order valence-electron chi connectivity index (χ2n) is 11.5. The van der Waals surface area contributed by atoms with Crippen LogP contribution < -0.4 is 10.1 Å². The number of halogens is 2. The van der Waals surface area contributed by atoms with Gasteiger partial charge in [-0.3, -0.25) is 19.2 Å². The fraction of sp³-hybridized carbons (Fsp3) is 0.452. The molecule has 1 saturated heterocycles. The summed E-state index contributed by atoms with van der Waals surface area (Å²) in [6.45, 7) is 1.19. The summed E-state index contributed by atoms with van der Waals surface area (Å²) in [5.41, 5.74) is 1.32. The number of likely N-dealkylation sites (N-methyl/N-ethyl adjacent to an activating group) is 1. The summed E-state index contributed by atoms with van der Waals surface area (Å²) in [5.74, 6) is -0.612. The molecule has 11 nitrogen and oxygen atoms in total. The average molecular weight is 639 g/mol. The Kier molecular flexibility index (Phi) is 9.42. The van der Waals surface area contributed by atoms with Crippen LogP contribution >= 0.6 is 11.8 Å². The lowest BCUT2D eigenvalue weighted by atomic mass is 9.82. The van der Waals surface area contributed by atoms with E-state index >= 15 is 0 Å². The highest BCUT2D eigenvalue weighted by molar-refractivity contribution is 7.98. The molecule has 0 bridgehead atoms. The van der Waals surface area contributed by atoms with Crippen LogP contribution in [0.1, 0.15) is 36.0 Å². The minimum absolute atomic E-state index is 0.00175. The Balaban J connectivity index is 1.25. The first-order chi connectivity index (χ1) is 21.8. The number of aromatic nitrogens is 5. The Morgan fingerprint density at radius 2 is 1.91 bits per heavy atom. The lowest BCUT2D eigenvalue weighted by molar-refractivity contribution is -0.125. The highest BCUT2D eigenvalue weighted by atomic mass is 32.2. The summed E-state index contributed by atoms with van der Waals surface area (Å²) < 4.78 is 34.6. The number of fused-ring (bicyclic) bond motifs is 1. The van der Waals surface area contributed by atoms with E-state index in [1.807, 2.05) is 6.26 Å². The predicted octanol–water partition coefficient (Wildman–Crippen LogP) is 4.54. The molecule has 1 N–H and O–H groups in total. The second-order valence-corrected chi connectivity index (χ2v) is 12.4. The number of benzene rings is 1. The first kappa shape index (κ1) is 31.1. The fourth-order valence-corrected chi connectivity index (χ4v) is 6.67. The van der Waals surface area contributed by atoms with Crippen molar-refractivity contribution in [3.05, 3.63) is 54.6 Å². The van der Waals surface area contributed by atoms with E-state index in [9.17, 15) is 18.4 Å². The minimum Gasteiger partial charge on any atom is -0.434 e. The van der Waals surface area contributed by atoms with Gasteiger partial charge in [-0.2, -0.15) is 19.0 Å². The summed E-state index contributed by atoms with van der Waals surface area (Å²) in [7, 11) is 2.15. The maximum absolute atomic E-state index is 13.5. The van der Waals surface area contributed by atoms with Crippen molar-refractivity contribution in [1.29, 1.82) is 0 Å². The summed E-state index contributed by atoms with van der Waals surface area (Å²) in [5, 5.41) is 11.7. The molecule has 4 heterocycles. The molecule has 1 aromatic carbocycles. The Morgan fingerprint density at radius 1 is 1.13 bits per heavy atom. The molecule has 0 radical (unpaired) electrons. The number of hydrogen-bond donors (Lipinski definition) is 1. The number of Topliss-reactive ketones (excluding diaryl/α,β-unsaturated/α-hetero) is 1. The third kappa shape index (κ3) is 7.02. The van der Waals surface area contributed by atoms with E-state index in [0.29, 0.717) is 11.7 Å². The third-order valence-corrected chi connectivity index (χ3v) is 9.44. The number of nitrogens with one attached hydrogen (secondary N) is 1. The van der Waals surface area contributed by atoms with E-state index in [4.69, 9.17) is 4.74 Å². The number of ether oxygens (including phenoxy) is 1. The van der Waals surface area contributed by atoms with E-state index in [1.165, 1.54) is 33.2 Å². The van der Waals surface area contributed by atoms with E-state index in [-0.39, 0.29) is 46.5 Å². The zero-order valence-corrected chi connectivity index (χ0v) is 26.1. The number of anilines is 1. The van der Waals surface area contributed by atoms with E-state index in [1.54, 1.807) is 36.8 Å². The summed E-state index contributed by atoms with van der Waals surface area (Å²) >= 11 is 1.43. The van der Waals surface area contributed by atoms with Gasteiger partial charge >= 0.3 is 6.61 Å². The smallest absolute Gasteiger partial charge is 0.387 e. The van der Waals surface area contributed by atoms with Crippen molar-refractivity contribution < 1.29 is 23.1 Å². The van der Waals surface area contributed by atoms with Crippen molar-refractivity contribution in [1.82, 2.24) is 34.2 Å². The molecule has 1 amide bonds. The molecule has 0 atom stereocenters. The van der Waals surface area contributed by atoms with Crippen molar-refractivity contribution in [2.45, 2.75) is 49.8 Å². The van der Waals surface area contributed by atoms with Crippen LogP contribution in [0.3, 0.4) is 0 Å². The number of amides is 1. The summed E-state index contributed by atoms with van der Waals surface area (Å²) in [6.07, 6.45) is 11.7. The molecule has 2 aliphatic rings. The van der Waals surface area contributed by atoms with Crippen LogP contribution in [0, 0.1) is 5.92 Å². The number of piperazine rings is 1. The predicted molar refractivity (Wildman–Crippen MR) is 167 cm³/mol. The van der Waals surface area contributed by atoms with Crippen LogP contribution in [0.25, 0.3) is 16.9 Å². The SMILES string of the molecule is CSc1ccc(OC(F)F)c(-c2nn(CC(=O)C3CCC(N4CCN(C)CC4)CC3)cc2NC(=O)c2cnn3cccnc23)c1. The Morgan fingerprint density at radius 3 is 2.64 bits per heavy atom. The standard InChI is InChI=1S/C31H36F2N8O3S/c1-38-12-14-39(15-13-38)21-6-4-20(5-7-21)26(42)19-40-18-25(36-30(43)24-17-35-41-11-3-10-34-29(24)41)28(37-40)23-16-22(45-2)8-9-27(23)44-31(32)33/h3,8-11,16-18,20-21,31H,4-7,12-15,19H2,1-2H3,(H,36,43). The molecule has 6 rings (SSSR count). The Hall–Kier alpha value is -3.88. The molecule has 45 heavy (non-hydrogen) atoms. The van der Waals surface area contributed by atoms with Gasteiger partial charge in [0, 0.05) is 67.2 Å². The van der Waals surface area contributed by atoms with E-state index in [0.717, 1.165) is 56.8 Å². The number of carbonyl (C=O) groups is 2. The largest absolute Gasteiger partial charge is 0.434 e. The van der Waals surface area contributed by atoms with Gasteiger partial charge < -0.3 is 15.0 Å². The van der Waals surface area contributed by atoms with Gasteiger partial charge in [0.05, 0.1) is 18.4 Å². The van der Waals surface area contributed by atoms with Gasteiger partial charge in [-0.15, -0.1) is 11.8 Å². The first-order valence-corrected chi connectivity index (χ1v) is 16.3. The van der Waals surface area contributed by atoms with Crippen molar-refractivity contribution in [2.75, 3.05) is 44.8 Å². The lowest BCUT2D eigenvalue weighted by Gasteiger charge is -2.40. The summed E-state index contributed by atoms with van der Waals surface area (Å²) in [6, 6.07) is 7.02. The molecule has 0 spiro atoms. The molecule has 1 saturated carbocycles. The molecule has 238 valence electrons. The molecule has 2 fully saturated rings. The number of alkyl halides is 2. The number of rotatable bonds is 10. The second kappa shape index (κ2) is 13.6. The maximum Gasteiger partial charge on any atom is 0.387 e. The molecular weight excluding hydrogens is 602 g/mol. The van der Waals surface area contributed by atoms with Crippen LogP contribution in [0.4, 0.5) is 14.5 Å². The molecule has 0 unspecified atom stereocenters. The minimum atomic E-state index is -3.06. The van der Waals surface area contributed by atoms with Crippen molar-refractivity contribution in [3.63, 3.8) is 0 Å². The van der Waals surface area contributed by atoms with Gasteiger partial charge in [-0.05, 0) is 63.3 Å². The lowest BCUT2D eigenvalue weighted by Crippen LogP contribution is -2.50. The highest BCUT2D eigenvalue weighted by Gasteiger charge is 2.31. The molecule has 3 aromatic heterocycles. The third-order valence-electron chi connectivity index (χ3n) is 8.72. The van der Waals surface area contributed by atoms with Crippen LogP contribution in [0.5, 0.6) is 5.75 Å².